The summed E-state index contributed by atoms with van der Waals surface area (Å²) < 4.78 is 19.7. The molecule has 4 rings (SSSR count). The van der Waals surface area contributed by atoms with Gasteiger partial charge in [-0.25, -0.2) is 9.37 Å². The number of nitrogens with zero attached hydrogens (tertiary/aromatic N) is 2. The molecule has 0 fully saturated rings. The van der Waals surface area contributed by atoms with Gasteiger partial charge in [-0.15, -0.1) is 0 Å². The van der Waals surface area contributed by atoms with Crippen LogP contribution in [0.2, 0.25) is 0 Å². The van der Waals surface area contributed by atoms with Gasteiger partial charge < -0.3 is 4.42 Å². The van der Waals surface area contributed by atoms with Crippen molar-refractivity contribution in [3.05, 3.63) is 100 Å². The topological polar surface area (TPSA) is 48.0 Å². The molecule has 0 radical (unpaired) electrons. The number of rotatable bonds is 2. The van der Waals surface area contributed by atoms with E-state index in [9.17, 15) is 9.18 Å². The lowest BCUT2D eigenvalue weighted by Gasteiger charge is -2.05. The lowest BCUT2D eigenvalue weighted by atomic mass is 10.1. The molecule has 0 saturated heterocycles. The Balaban J connectivity index is 1.66. The summed E-state index contributed by atoms with van der Waals surface area (Å²) in [6, 6.07) is 14.8. The molecule has 26 heavy (non-hydrogen) atoms. The quantitative estimate of drug-likeness (QED) is 0.522. The number of halogens is 1. The minimum Gasteiger partial charge on any atom is -0.467 e. The van der Waals surface area contributed by atoms with Crippen LogP contribution >= 0.6 is 0 Å². The van der Waals surface area contributed by atoms with Crippen molar-refractivity contribution in [2.45, 2.75) is 6.54 Å². The van der Waals surface area contributed by atoms with Crippen LogP contribution in [0, 0.1) is 17.7 Å². The molecule has 0 atom stereocenters. The molecule has 4 nitrogen and oxygen atoms in total. The van der Waals surface area contributed by atoms with Gasteiger partial charge in [0.15, 0.2) is 0 Å². The molecule has 2 aromatic heterocycles. The molecule has 0 aliphatic heterocycles. The van der Waals surface area contributed by atoms with Crippen LogP contribution in [0.3, 0.4) is 0 Å². The molecular weight excluding hydrogens is 331 g/mol. The summed E-state index contributed by atoms with van der Waals surface area (Å²) in [5.74, 6) is 6.37. The van der Waals surface area contributed by atoms with Crippen LogP contribution in [0.15, 0.2) is 76.4 Å². The molecule has 2 aromatic carbocycles. The maximum Gasteiger partial charge on any atom is 0.261 e. The second-order valence-electron chi connectivity index (χ2n) is 5.75. The highest BCUT2D eigenvalue weighted by atomic mass is 19.1. The van der Waals surface area contributed by atoms with Gasteiger partial charge in [-0.3, -0.25) is 9.36 Å². The van der Waals surface area contributed by atoms with Crippen molar-refractivity contribution in [1.29, 1.82) is 0 Å². The molecule has 126 valence electrons. The Hall–Kier alpha value is -3.65. The number of fused-ring (bicyclic) bond motifs is 1. The minimum absolute atomic E-state index is 0.135. The number of hydrogen-bond donors (Lipinski definition) is 0. The zero-order valence-corrected chi connectivity index (χ0v) is 13.6. The fourth-order valence-electron chi connectivity index (χ4n) is 2.60. The van der Waals surface area contributed by atoms with Crippen LogP contribution in [0.5, 0.6) is 0 Å². The van der Waals surface area contributed by atoms with Crippen LogP contribution in [0.4, 0.5) is 4.39 Å². The van der Waals surface area contributed by atoms with Gasteiger partial charge in [-0.1, -0.05) is 11.8 Å². The second kappa shape index (κ2) is 6.69. The number of furan rings is 1. The largest absolute Gasteiger partial charge is 0.467 e. The van der Waals surface area contributed by atoms with Gasteiger partial charge in [0.2, 0.25) is 0 Å². The first-order valence-electron chi connectivity index (χ1n) is 7.98. The molecule has 4 aromatic rings. The zero-order chi connectivity index (χ0) is 17.9. The Bertz CT molecular complexity index is 1180. The normalized spacial score (nSPS) is 10.5. The van der Waals surface area contributed by atoms with Crippen molar-refractivity contribution in [3.63, 3.8) is 0 Å². The summed E-state index contributed by atoms with van der Waals surface area (Å²) in [6.45, 7) is 0.334. The van der Waals surface area contributed by atoms with Crippen LogP contribution in [-0.4, -0.2) is 9.55 Å². The van der Waals surface area contributed by atoms with Crippen LogP contribution in [-0.2, 0) is 6.54 Å². The smallest absolute Gasteiger partial charge is 0.261 e. The summed E-state index contributed by atoms with van der Waals surface area (Å²) in [6.07, 6.45) is 3.07. The van der Waals surface area contributed by atoms with E-state index in [1.807, 2.05) is 6.07 Å². The van der Waals surface area contributed by atoms with Gasteiger partial charge in [0.05, 0.1) is 30.0 Å². The average Bonchev–Trinajstić information content (AvgIpc) is 3.17. The molecule has 2 heterocycles. The van der Waals surface area contributed by atoms with E-state index in [1.54, 1.807) is 42.7 Å². The van der Waals surface area contributed by atoms with E-state index in [-0.39, 0.29) is 11.4 Å². The first-order chi connectivity index (χ1) is 12.7. The monoisotopic (exact) mass is 344 g/mol. The molecule has 0 N–H and O–H groups in total. The summed E-state index contributed by atoms with van der Waals surface area (Å²) in [5, 5.41) is 0.520. The third kappa shape index (κ3) is 3.26. The lowest BCUT2D eigenvalue weighted by Crippen LogP contribution is -2.20. The summed E-state index contributed by atoms with van der Waals surface area (Å²) >= 11 is 0. The Morgan fingerprint density at radius 3 is 2.58 bits per heavy atom. The van der Waals surface area contributed by atoms with Crippen molar-refractivity contribution in [2.75, 3.05) is 0 Å². The van der Waals surface area contributed by atoms with Crippen molar-refractivity contribution < 1.29 is 8.81 Å². The molecule has 0 spiro atoms. The van der Waals surface area contributed by atoms with E-state index < -0.39 is 0 Å². The van der Waals surface area contributed by atoms with Crippen molar-refractivity contribution in [2.24, 2.45) is 0 Å². The maximum absolute atomic E-state index is 12.9. The number of benzene rings is 2. The highest BCUT2D eigenvalue weighted by Crippen LogP contribution is 2.11. The van der Waals surface area contributed by atoms with Gasteiger partial charge >= 0.3 is 0 Å². The van der Waals surface area contributed by atoms with Gasteiger partial charge in [0.1, 0.15) is 11.6 Å². The SMILES string of the molecule is O=c1c2ccc(C#Cc3ccc(F)cc3)cc2ncn1Cc1ccco1. The van der Waals surface area contributed by atoms with E-state index >= 15 is 0 Å². The fourth-order valence-corrected chi connectivity index (χ4v) is 2.60. The zero-order valence-electron chi connectivity index (χ0n) is 13.6. The minimum atomic E-state index is -0.295. The molecule has 0 aliphatic carbocycles. The van der Waals surface area contributed by atoms with E-state index in [1.165, 1.54) is 23.0 Å². The average molecular weight is 344 g/mol. The maximum atomic E-state index is 12.9. The van der Waals surface area contributed by atoms with Crippen LogP contribution in [0.25, 0.3) is 10.9 Å². The summed E-state index contributed by atoms with van der Waals surface area (Å²) in [7, 11) is 0. The molecule has 0 amide bonds. The van der Waals surface area contributed by atoms with E-state index in [4.69, 9.17) is 4.42 Å². The highest BCUT2D eigenvalue weighted by molar-refractivity contribution is 5.79. The predicted molar refractivity (Wildman–Crippen MR) is 96.2 cm³/mol. The molecule has 0 aliphatic rings. The molecule has 5 heteroatoms. The van der Waals surface area contributed by atoms with Gasteiger partial charge in [0.25, 0.3) is 5.56 Å². The lowest BCUT2D eigenvalue weighted by molar-refractivity contribution is 0.489. The molecule has 0 bridgehead atoms. The second-order valence-corrected chi connectivity index (χ2v) is 5.75. The molecule has 0 unspecified atom stereocenters. The van der Waals surface area contributed by atoms with Crippen molar-refractivity contribution >= 4 is 10.9 Å². The third-order valence-corrected chi connectivity index (χ3v) is 3.93. The van der Waals surface area contributed by atoms with Gasteiger partial charge in [0, 0.05) is 11.1 Å². The first kappa shape index (κ1) is 15.9. The third-order valence-electron chi connectivity index (χ3n) is 3.93. The van der Waals surface area contributed by atoms with E-state index in [0.717, 1.165) is 5.56 Å². The molecule has 0 saturated carbocycles. The Labute approximate surface area is 148 Å². The van der Waals surface area contributed by atoms with Crippen LogP contribution < -0.4 is 5.56 Å². The Kier molecular flexibility index (Phi) is 4.08. The Morgan fingerprint density at radius 2 is 1.81 bits per heavy atom. The predicted octanol–water partition coefficient (Wildman–Crippen LogP) is 3.58. The molecular formula is C21H13FN2O2. The van der Waals surface area contributed by atoms with E-state index in [0.29, 0.717) is 28.8 Å². The first-order valence-corrected chi connectivity index (χ1v) is 7.98. The van der Waals surface area contributed by atoms with Crippen molar-refractivity contribution in [1.82, 2.24) is 9.55 Å². The number of hydrogen-bond acceptors (Lipinski definition) is 3. The summed E-state index contributed by atoms with van der Waals surface area (Å²) in [4.78, 5) is 16.9. The Morgan fingerprint density at radius 1 is 1.04 bits per heavy atom. The van der Waals surface area contributed by atoms with Gasteiger partial charge in [-0.2, -0.15) is 0 Å². The fraction of sp³-hybridized carbons (Fsp3) is 0.0476. The van der Waals surface area contributed by atoms with Crippen LogP contribution in [0.1, 0.15) is 16.9 Å². The standard InChI is InChI=1S/C21H13FN2O2/c22-17-8-5-15(6-9-17)3-4-16-7-10-19-20(12-16)23-14-24(21(19)25)13-18-2-1-11-26-18/h1-2,5-12,14H,13H2. The summed E-state index contributed by atoms with van der Waals surface area (Å²) in [5.41, 5.74) is 1.90. The number of aromatic nitrogens is 2. The highest BCUT2D eigenvalue weighted by Gasteiger charge is 2.06. The van der Waals surface area contributed by atoms with Crippen molar-refractivity contribution in [3.8, 4) is 11.8 Å². The van der Waals surface area contributed by atoms with E-state index in [2.05, 4.69) is 16.8 Å². The van der Waals surface area contributed by atoms with Gasteiger partial charge in [-0.05, 0) is 54.6 Å².